The molecular formula is C23H20N2O4. The molecule has 0 aliphatic rings. The standard InChI is InChI=1S/C23H20N2O4/c1-14-9-10-17(12-18(14)25-23(27)20-8-5-11-28-20)22(26)24-15(2)21-13-16-6-3-4-7-19(16)29-21/h3-13,15H,1-2H3,(H,24,26)(H,25,27)/t15-/m1/s1. The SMILES string of the molecule is Cc1ccc(C(=O)N[C@H](C)c2cc3ccccc3o2)cc1NC(=O)c1ccco1. The number of para-hydroxylation sites is 1. The molecule has 29 heavy (non-hydrogen) atoms. The Morgan fingerprint density at radius 1 is 0.966 bits per heavy atom. The molecule has 0 aliphatic heterocycles. The predicted molar refractivity (Wildman–Crippen MR) is 110 cm³/mol. The van der Waals surface area contributed by atoms with Crippen LogP contribution in [0.1, 0.15) is 45.2 Å². The second-order valence-electron chi connectivity index (χ2n) is 6.84. The first-order valence-corrected chi connectivity index (χ1v) is 9.26. The van der Waals surface area contributed by atoms with E-state index >= 15 is 0 Å². The lowest BCUT2D eigenvalue weighted by molar-refractivity contribution is 0.0934. The van der Waals surface area contributed by atoms with E-state index in [1.165, 1.54) is 6.26 Å². The van der Waals surface area contributed by atoms with Gasteiger partial charge in [-0.05, 0) is 55.8 Å². The van der Waals surface area contributed by atoms with Crippen LogP contribution in [0.5, 0.6) is 0 Å². The van der Waals surface area contributed by atoms with E-state index < -0.39 is 0 Å². The largest absolute Gasteiger partial charge is 0.459 e. The van der Waals surface area contributed by atoms with Gasteiger partial charge in [0.05, 0.1) is 12.3 Å². The van der Waals surface area contributed by atoms with Crippen molar-refractivity contribution < 1.29 is 18.4 Å². The van der Waals surface area contributed by atoms with Gasteiger partial charge in [0, 0.05) is 16.6 Å². The number of amides is 2. The van der Waals surface area contributed by atoms with Crippen LogP contribution in [0.4, 0.5) is 5.69 Å². The molecule has 0 saturated carbocycles. The molecule has 0 unspecified atom stereocenters. The van der Waals surface area contributed by atoms with Gasteiger partial charge >= 0.3 is 0 Å². The highest BCUT2D eigenvalue weighted by Crippen LogP contribution is 2.24. The first-order chi connectivity index (χ1) is 14.0. The summed E-state index contributed by atoms with van der Waals surface area (Å²) in [6.45, 7) is 3.72. The molecular weight excluding hydrogens is 368 g/mol. The summed E-state index contributed by atoms with van der Waals surface area (Å²) in [5.74, 6) is 0.258. The number of nitrogens with one attached hydrogen (secondary N) is 2. The molecule has 2 aromatic heterocycles. The van der Waals surface area contributed by atoms with Gasteiger partial charge in [-0.25, -0.2) is 0 Å². The van der Waals surface area contributed by atoms with Gasteiger partial charge in [0.1, 0.15) is 11.3 Å². The van der Waals surface area contributed by atoms with Crippen LogP contribution in [-0.4, -0.2) is 11.8 Å². The lowest BCUT2D eigenvalue weighted by Gasteiger charge is -2.13. The average molecular weight is 388 g/mol. The number of hydrogen-bond donors (Lipinski definition) is 2. The summed E-state index contributed by atoms with van der Waals surface area (Å²) in [5.41, 5.74) is 2.61. The molecule has 0 fully saturated rings. The summed E-state index contributed by atoms with van der Waals surface area (Å²) in [6.07, 6.45) is 1.44. The van der Waals surface area contributed by atoms with Crippen LogP contribution in [-0.2, 0) is 0 Å². The normalized spacial score (nSPS) is 11.9. The van der Waals surface area contributed by atoms with Crippen molar-refractivity contribution in [2.75, 3.05) is 5.32 Å². The summed E-state index contributed by atoms with van der Waals surface area (Å²) in [5, 5.41) is 6.70. The molecule has 1 atom stereocenters. The number of hydrogen-bond acceptors (Lipinski definition) is 4. The minimum atomic E-state index is -0.369. The molecule has 4 aromatic rings. The molecule has 0 saturated heterocycles. The highest BCUT2D eigenvalue weighted by Gasteiger charge is 2.17. The van der Waals surface area contributed by atoms with Gasteiger partial charge in [-0.3, -0.25) is 9.59 Å². The number of anilines is 1. The van der Waals surface area contributed by atoms with Crippen LogP contribution in [0, 0.1) is 6.92 Å². The van der Waals surface area contributed by atoms with Crippen molar-refractivity contribution in [2.45, 2.75) is 19.9 Å². The van der Waals surface area contributed by atoms with E-state index in [0.717, 1.165) is 16.5 Å². The van der Waals surface area contributed by atoms with Crippen LogP contribution in [0.15, 0.2) is 75.8 Å². The van der Waals surface area contributed by atoms with Crippen molar-refractivity contribution in [2.24, 2.45) is 0 Å². The fourth-order valence-electron chi connectivity index (χ4n) is 3.06. The summed E-state index contributed by atoms with van der Waals surface area (Å²) in [6, 6.07) is 17.7. The Bertz CT molecular complexity index is 1140. The number of aryl methyl sites for hydroxylation is 1. The Morgan fingerprint density at radius 3 is 2.55 bits per heavy atom. The topological polar surface area (TPSA) is 84.5 Å². The molecule has 2 N–H and O–H groups in total. The fraction of sp³-hybridized carbons (Fsp3) is 0.130. The molecule has 2 heterocycles. The van der Waals surface area contributed by atoms with E-state index in [1.807, 2.05) is 44.2 Å². The minimum Gasteiger partial charge on any atom is -0.459 e. The molecule has 6 nitrogen and oxygen atoms in total. The second-order valence-corrected chi connectivity index (χ2v) is 6.84. The van der Waals surface area contributed by atoms with Gasteiger partial charge in [-0.2, -0.15) is 0 Å². The highest BCUT2D eigenvalue weighted by molar-refractivity contribution is 6.04. The van der Waals surface area contributed by atoms with E-state index in [2.05, 4.69) is 10.6 Å². The molecule has 146 valence electrons. The molecule has 2 aromatic carbocycles. The minimum absolute atomic E-state index is 0.206. The number of fused-ring (bicyclic) bond motifs is 1. The fourth-order valence-corrected chi connectivity index (χ4v) is 3.06. The zero-order valence-corrected chi connectivity index (χ0v) is 16.1. The third kappa shape index (κ3) is 3.91. The number of benzene rings is 2. The summed E-state index contributed by atoms with van der Waals surface area (Å²) in [7, 11) is 0. The third-order valence-corrected chi connectivity index (χ3v) is 4.71. The first kappa shape index (κ1) is 18.6. The maximum absolute atomic E-state index is 12.7. The van der Waals surface area contributed by atoms with Gasteiger partial charge in [0.25, 0.3) is 11.8 Å². The van der Waals surface area contributed by atoms with Crippen LogP contribution in [0.2, 0.25) is 0 Å². The quantitative estimate of drug-likeness (QED) is 0.499. The maximum atomic E-state index is 12.7. The molecule has 0 spiro atoms. The van der Waals surface area contributed by atoms with E-state index in [4.69, 9.17) is 8.83 Å². The first-order valence-electron chi connectivity index (χ1n) is 9.26. The highest BCUT2D eigenvalue weighted by atomic mass is 16.3. The zero-order valence-electron chi connectivity index (χ0n) is 16.1. The smallest absolute Gasteiger partial charge is 0.291 e. The molecule has 4 rings (SSSR count). The van der Waals surface area contributed by atoms with Gasteiger partial charge in [0.2, 0.25) is 0 Å². The van der Waals surface area contributed by atoms with E-state index in [1.54, 1.807) is 30.3 Å². The monoisotopic (exact) mass is 388 g/mol. The van der Waals surface area contributed by atoms with Crippen LogP contribution in [0.25, 0.3) is 11.0 Å². The van der Waals surface area contributed by atoms with Crippen LogP contribution >= 0.6 is 0 Å². The Balaban J connectivity index is 1.50. The maximum Gasteiger partial charge on any atom is 0.291 e. The molecule has 0 bridgehead atoms. The van der Waals surface area contributed by atoms with Crippen molar-refractivity contribution in [1.29, 1.82) is 0 Å². The van der Waals surface area contributed by atoms with Gasteiger partial charge in [-0.15, -0.1) is 0 Å². The van der Waals surface area contributed by atoms with Crippen molar-refractivity contribution in [3.05, 3.63) is 89.6 Å². The summed E-state index contributed by atoms with van der Waals surface area (Å²) < 4.78 is 10.9. The Labute approximate surface area is 167 Å². The molecule has 0 aliphatic carbocycles. The van der Waals surface area contributed by atoms with Gasteiger partial charge in [-0.1, -0.05) is 24.3 Å². The van der Waals surface area contributed by atoms with Gasteiger partial charge < -0.3 is 19.5 Å². The van der Waals surface area contributed by atoms with Gasteiger partial charge in [0.15, 0.2) is 5.76 Å². The lowest BCUT2D eigenvalue weighted by Crippen LogP contribution is -2.26. The Kier molecular flexibility index (Phi) is 4.91. The van der Waals surface area contributed by atoms with E-state index in [-0.39, 0.29) is 23.6 Å². The molecule has 0 radical (unpaired) electrons. The second kappa shape index (κ2) is 7.67. The number of carbonyl (C=O) groups is 2. The van der Waals surface area contributed by atoms with Crippen LogP contribution in [0.3, 0.4) is 0 Å². The predicted octanol–water partition coefficient (Wildman–Crippen LogP) is 5.08. The third-order valence-electron chi connectivity index (χ3n) is 4.71. The summed E-state index contributed by atoms with van der Waals surface area (Å²) in [4.78, 5) is 25.0. The lowest BCUT2D eigenvalue weighted by atomic mass is 10.1. The van der Waals surface area contributed by atoms with Crippen molar-refractivity contribution in [1.82, 2.24) is 5.32 Å². The van der Waals surface area contributed by atoms with Crippen molar-refractivity contribution in [3.63, 3.8) is 0 Å². The number of carbonyl (C=O) groups excluding carboxylic acids is 2. The zero-order chi connectivity index (χ0) is 20.4. The van der Waals surface area contributed by atoms with Crippen molar-refractivity contribution in [3.8, 4) is 0 Å². The molecule has 2 amide bonds. The average Bonchev–Trinajstić information content (AvgIpc) is 3.39. The number of furan rings is 2. The van der Waals surface area contributed by atoms with Crippen molar-refractivity contribution >= 4 is 28.5 Å². The Hall–Kier alpha value is -3.80. The van der Waals surface area contributed by atoms with E-state index in [9.17, 15) is 9.59 Å². The Morgan fingerprint density at radius 2 is 1.79 bits per heavy atom. The number of rotatable bonds is 5. The van der Waals surface area contributed by atoms with Crippen LogP contribution < -0.4 is 10.6 Å². The summed E-state index contributed by atoms with van der Waals surface area (Å²) >= 11 is 0. The molecule has 6 heteroatoms. The van der Waals surface area contributed by atoms with E-state index in [0.29, 0.717) is 17.0 Å².